The number of ether oxygens (including phenoxy) is 1. The second kappa shape index (κ2) is 4.90. The van der Waals surface area contributed by atoms with Crippen LogP contribution in [0.4, 0.5) is 10.1 Å². The minimum atomic E-state index is -0.232. The fourth-order valence-corrected chi connectivity index (χ4v) is 3.45. The Bertz CT molecular complexity index is 472. The van der Waals surface area contributed by atoms with Crippen molar-refractivity contribution in [3.8, 4) is 0 Å². The Morgan fingerprint density at radius 3 is 2.94 bits per heavy atom. The molecule has 5 heteroatoms. The second-order valence-electron chi connectivity index (χ2n) is 4.68. The van der Waals surface area contributed by atoms with Gasteiger partial charge >= 0.3 is 0 Å². The van der Waals surface area contributed by atoms with Crippen molar-refractivity contribution in [1.29, 1.82) is 0 Å². The molecule has 0 bridgehead atoms. The van der Waals surface area contributed by atoms with Crippen molar-refractivity contribution in [3.63, 3.8) is 0 Å². The fraction of sp³-hybridized carbons (Fsp3) is 0.462. The third-order valence-corrected chi connectivity index (χ3v) is 4.46. The number of hydrogen-bond donors (Lipinski definition) is 1. The summed E-state index contributed by atoms with van der Waals surface area (Å²) < 4.78 is 18.5. The molecule has 0 atom stereocenters. The molecular weight excluding hydrogens is 251 g/mol. The van der Waals surface area contributed by atoms with Gasteiger partial charge in [-0.2, -0.15) is 0 Å². The van der Waals surface area contributed by atoms with Gasteiger partial charge in [0, 0.05) is 24.7 Å². The van der Waals surface area contributed by atoms with Crippen molar-refractivity contribution in [2.45, 2.75) is 18.4 Å². The Morgan fingerprint density at radius 2 is 2.17 bits per heavy atom. The lowest BCUT2D eigenvalue weighted by Crippen LogP contribution is -2.34. The van der Waals surface area contributed by atoms with Gasteiger partial charge in [-0.3, -0.25) is 4.99 Å². The molecule has 1 N–H and O–H groups in total. The number of amidine groups is 1. The Morgan fingerprint density at radius 1 is 1.33 bits per heavy atom. The molecule has 0 radical (unpaired) electrons. The van der Waals surface area contributed by atoms with Crippen molar-refractivity contribution in [1.82, 2.24) is 0 Å². The molecule has 1 aromatic rings. The maximum Gasteiger partial charge on any atom is 0.161 e. The average Bonchev–Trinajstić information content (AvgIpc) is 2.73. The molecule has 0 saturated carbocycles. The first-order chi connectivity index (χ1) is 8.76. The molecular formula is C13H15FN2OS. The molecule has 0 amide bonds. The summed E-state index contributed by atoms with van der Waals surface area (Å²) >= 11 is 1.71. The maximum atomic E-state index is 13.1. The Balaban J connectivity index is 1.72. The number of nitrogens with one attached hydrogen (secondary N) is 1. The molecule has 0 aliphatic carbocycles. The van der Waals surface area contributed by atoms with Crippen LogP contribution in [0.15, 0.2) is 29.3 Å². The van der Waals surface area contributed by atoms with Crippen LogP contribution in [0.25, 0.3) is 0 Å². The number of hydrogen-bond acceptors (Lipinski definition) is 4. The minimum Gasteiger partial charge on any atom is -0.381 e. The lowest BCUT2D eigenvalue weighted by atomic mass is 9.93. The van der Waals surface area contributed by atoms with Gasteiger partial charge in [0.2, 0.25) is 0 Å². The van der Waals surface area contributed by atoms with Gasteiger partial charge in [0.1, 0.15) is 5.82 Å². The summed E-state index contributed by atoms with van der Waals surface area (Å²) in [7, 11) is 0. The van der Waals surface area contributed by atoms with E-state index in [9.17, 15) is 4.39 Å². The summed E-state index contributed by atoms with van der Waals surface area (Å²) in [5, 5.41) is 4.08. The highest BCUT2D eigenvalue weighted by molar-refractivity contribution is 8.14. The fourth-order valence-electron chi connectivity index (χ4n) is 2.24. The number of thioether (sulfide) groups is 1. The SMILES string of the molecule is Fc1cccc(NC2=NC3(CCOCC3)CS2)c1. The molecule has 3 rings (SSSR count). The maximum absolute atomic E-state index is 13.1. The summed E-state index contributed by atoms with van der Waals surface area (Å²) in [6.45, 7) is 1.58. The number of aliphatic imine (C=N–C) groups is 1. The third-order valence-electron chi connectivity index (χ3n) is 3.32. The number of benzene rings is 1. The molecule has 0 aromatic heterocycles. The van der Waals surface area contributed by atoms with Crippen LogP contribution in [0.2, 0.25) is 0 Å². The zero-order valence-electron chi connectivity index (χ0n) is 9.99. The average molecular weight is 266 g/mol. The second-order valence-corrected chi connectivity index (χ2v) is 5.64. The lowest BCUT2D eigenvalue weighted by molar-refractivity contribution is 0.0624. The van der Waals surface area contributed by atoms with E-state index in [1.807, 2.05) is 6.07 Å². The molecule has 3 nitrogen and oxygen atoms in total. The van der Waals surface area contributed by atoms with Crippen molar-refractivity contribution < 1.29 is 9.13 Å². The third kappa shape index (κ3) is 2.52. The quantitative estimate of drug-likeness (QED) is 0.848. The van der Waals surface area contributed by atoms with E-state index in [4.69, 9.17) is 9.73 Å². The number of rotatable bonds is 1. The summed E-state index contributed by atoms with van der Waals surface area (Å²) in [6.07, 6.45) is 1.96. The van der Waals surface area contributed by atoms with E-state index in [1.165, 1.54) is 12.1 Å². The van der Waals surface area contributed by atoms with Crippen LogP contribution in [-0.2, 0) is 4.74 Å². The number of anilines is 1. The van der Waals surface area contributed by atoms with E-state index >= 15 is 0 Å². The van der Waals surface area contributed by atoms with Crippen molar-refractivity contribution in [3.05, 3.63) is 30.1 Å². The van der Waals surface area contributed by atoms with Crippen molar-refractivity contribution in [2.75, 3.05) is 24.3 Å². The Labute approximate surface area is 110 Å². The van der Waals surface area contributed by atoms with Crippen molar-refractivity contribution in [2.24, 2.45) is 4.99 Å². The first-order valence-electron chi connectivity index (χ1n) is 6.09. The van der Waals surface area contributed by atoms with Gasteiger partial charge in [-0.05, 0) is 31.0 Å². The Kier molecular flexibility index (Phi) is 3.26. The summed E-state index contributed by atoms with van der Waals surface area (Å²) in [4.78, 5) is 4.77. The topological polar surface area (TPSA) is 33.6 Å². The van der Waals surface area contributed by atoms with Crippen LogP contribution >= 0.6 is 11.8 Å². The van der Waals surface area contributed by atoms with E-state index in [2.05, 4.69) is 5.32 Å². The van der Waals surface area contributed by atoms with Gasteiger partial charge in [0.25, 0.3) is 0 Å². The lowest BCUT2D eigenvalue weighted by Gasteiger charge is -2.29. The van der Waals surface area contributed by atoms with E-state index in [0.29, 0.717) is 0 Å². The molecule has 1 aromatic carbocycles. The van der Waals surface area contributed by atoms with E-state index in [-0.39, 0.29) is 11.4 Å². The largest absolute Gasteiger partial charge is 0.381 e. The molecule has 18 heavy (non-hydrogen) atoms. The first-order valence-corrected chi connectivity index (χ1v) is 7.07. The zero-order valence-corrected chi connectivity index (χ0v) is 10.8. The van der Waals surface area contributed by atoms with Crippen LogP contribution in [0.3, 0.4) is 0 Å². The van der Waals surface area contributed by atoms with Gasteiger partial charge in [-0.15, -0.1) is 0 Å². The summed E-state index contributed by atoms with van der Waals surface area (Å²) in [5.74, 6) is 0.762. The smallest absolute Gasteiger partial charge is 0.161 e. The van der Waals surface area contributed by atoms with Crippen LogP contribution < -0.4 is 5.32 Å². The molecule has 2 aliphatic heterocycles. The van der Waals surface area contributed by atoms with Gasteiger partial charge in [0.05, 0.1) is 5.54 Å². The van der Waals surface area contributed by atoms with Gasteiger partial charge in [0.15, 0.2) is 5.17 Å². The first kappa shape index (κ1) is 12.0. The highest BCUT2D eigenvalue weighted by Crippen LogP contribution is 2.36. The van der Waals surface area contributed by atoms with Crippen LogP contribution in [0.1, 0.15) is 12.8 Å². The standard InChI is InChI=1S/C13H15FN2OS/c14-10-2-1-3-11(8-10)15-12-16-13(9-18-12)4-6-17-7-5-13/h1-3,8H,4-7,9H2,(H,15,16). The molecule has 96 valence electrons. The highest BCUT2D eigenvalue weighted by Gasteiger charge is 2.37. The van der Waals surface area contributed by atoms with Crippen molar-refractivity contribution >= 4 is 22.6 Å². The Hall–Kier alpha value is -1.07. The normalized spacial score (nSPS) is 21.9. The van der Waals surface area contributed by atoms with Crippen LogP contribution in [0, 0.1) is 5.82 Å². The van der Waals surface area contributed by atoms with Gasteiger partial charge < -0.3 is 10.1 Å². The minimum absolute atomic E-state index is 0.0403. The molecule has 2 aliphatic rings. The van der Waals surface area contributed by atoms with E-state index in [1.54, 1.807) is 17.8 Å². The molecule has 1 saturated heterocycles. The predicted molar refractivity (Wildman–Crippen MR) is 72.7 cm³/mol. The van der Waals surface area contributed by atoms with Gasteiger partial charge in [-0.1, -0.05) is 17.8 Å². The molecule has 0 unspecified atom stereocenters. The van der Waals surface area contributed by atoms with E-state index in [0.717, 1.165) is 42.7 Å². The number of nitrogens with zero attached hydrogens (tertiary/aromatic N) is 1. The molecule has 2 heterocycles. The summed E-state index contributed by atoms with van der Waals surface area (Å²) in [6, 6.07) is 6.47. The zero-order chi connectivity index (χ0) is 12.4. The number of halogens is 1. The predicted octanol–water partition coefficient (Wildman–Crippen LogP) is 2.89. The molecule has 1 spiro atoms. The van der Waals surface area contributed by atoms with E-state index < -0.39 is 0 Å². The van der Waals surface area contributed by atoms with Crippen LogP contribution in [0.5, 0.6) is 0 Å². The summed E-state index contributed by atoms with van der Waals surface area (Å²) in [5.41, 5.74) is 0.795. The highest BCUT2D eigenvalue weighted by atomic mass is 32.2. The monoisotopic (exact) mass is 266 g/mol. The molecule has 1 fully saturated rings. The van der Waals surface area contributed by atoms with Gasteiger partial charge in [-0.25, -0.2) is 4.39 Å². The van der Waals surface area contributed by atoms with Crippen LogP contribution in [-0.4, -0.2) is 29.7 Å².